The van der Waals surface area contributed by atoms with Crippen LogP contribution >= 0.6 is 0 Å². The van der Waals surface area contributed by atoms with Crippen molar-refractivity contribution < 1.29 is 22.1 Å². The summed E-state index contributed by atoms with van der Waals surface area (Å²) in [4.78, 5) is 4.26. The second kappa shape index (κ2) is 6.97. The molecular formula is C18H22FNO4S. The molecule has 25 heavy (non-hydrogen) atoms. The Kier molecular flexibility index (Phi) is 5.09. The Hall–Kier alpha value is -1.57. The maximum absolute atomic E-state index is 13.6. The van der Waals surface area contributed by atoms with Crippen LogP contribution in [0.4, 0.5) is 4.39 Å². The SMILES string of the molecule is CCOS(=O)(=O)CC1(O)CCC(c2ccnc3ccc(F)cc23)CC1. The van der Waals surface area contributed by atoms with Crippen molar-refractivity contribution in [3.63, 3.8) is 0 Å². The normalized spacial score (nSPS) is 24.5. The van der Waals surface area contributed by atoms with Gasteiger partial charge in [-0.2, -0.15) is 8.42 Å². The fourth-order valence-corrected chi connectivity index (χ4v) is 5.05. The highest BCUT2D eigenvalue weighted by molar-refractivity contribution is 7.86. The van der Waals surface area contributed by atoms with E-state index < -0.39 is 15.7 Å². The lowest BCUT2D eigenvalue weighted by molar-refractivity contribution is 0.0186. The lowest BCUT2D eigenvalue weighted by Crippen LogP contribution is -2.41. The largest absolute Gasteiger partial charge is 0.389 e. The molecule has 0 atom stereocenters. The molecule has 1 fully saturated rings. The third kappa shape index (κ3) is 4.16. The number of aliphatic hydroxyl groups is 1. The molecule has 1 aromatic carbocycles. The second-order valence-electron chi connectivity index (χ2n) is 6.67. The minimum Gasteiger partial charge on any atom is -0.389 e. The molecule has 1 aromatic heterocycles. The van der Waals surface area contributed by atoms with Gasteiger partial charge in [-0.1, -0.05) is 0 Å². The molecule has 0 bridgehead atoms. The fourth-order valence-electron chi connectivity index (χ4n) is 3.66. The highest BCUT2D eigenvalue weighted by atomic mass is 32.2. The topological polar surface area (TPSA) is 76.5 Å². The zero-order chi connectivity index (χ0) is 18.1. The van der Waals surface area contributed by atoms with Gasteiger partial charge in [-0.25, -0.2) is 4.39 Å². The molecule has 136 valence electrons. The molecule has 1 aliphatic rings. The van der Waals surface area contributed by atoms with E-state index in [0.29, 0.717) is 25.7 Å². The quantitative estimate of drug-likeness (QED) is 0.822. The van der Waals surface area contributed by atoms with Crippen LogP contribution in [0, 0.1) is 5.82 Å². The van der Waals surface area contributed by atoms with Crippen molar-refractivity contribution in [3.05, 3.63) is 41.8 Å². The van der Waals surface area contributed by atoms with Crippen molar-refractivity contribution in [2.45, 2.75) is 44.1 Å². The summed E-state index contributed by atoms with van der Waals surface area (Å²) in [6, 6.07) is 6.41. The Labute approximate surface area is 147 Å². The molecule has 1 saturated carbocycles. The summed E-state index contributed by atoms with van der Waals surface area (Å²) in [5, 5.41) is 11.4. The van der Waals surface area contributed by atoms with Crippen molar-refractivity contribution in [1.29, 1.82) is 0 Å². The molecule has 0 radical (unpaired) electrons. The molecule has 1 heterocycles. The van der Waals surface area contributed by atoms with E-state index in [1.165, 1.54) is 12.1 Å². The molecule has 7 heteroatoms. The predicted octanol–water partition coefficient (Wildman–Crippen LogP) is 3.13. The minimum absolute atomic E-state index is 0.0651. The number of nitrogens with zero attached hydrogens (tertiary/aromatic N) is 1. The number of hydrogen-bond acceptors (Lipinski definition) is 5. The number of halogens is 1. The van der Waals surface area contributed by atoms with Gasteiger partial charge in [-0.15, -0.1) is 0 Å². The number of fused-ring (bicyclic) bond motifs is 1. The van der Waals surface area contributed by atoms with E-state index >= 15 is 0 Å². The smallest absolute Gasteiger partial charge is 0.270 e. The molecule has 0 spiro atoms. The number of rotatable bonds is 5. The van der Waals surface area contributed by atoms with Crippen molar-refractivity contribution in [2.75, 3.05) is 12.4 Å². The van der Waals surface area contributed by atoms with Gasteiger partial charge in [0.15, 0.2) is 0 Å². The maximum atomic E-state index is 13.6. The molecule has 0 aliphatic heterocycles. The van der Waals surface area contributed by atoms with Gasteiger partial charge in [0.25, 0.3) is 10.1 Å². The second-order valence-corrected chi connectivity index (χ2v) is 8.31. The van der Waals surface area contributed by atoms with Crippen LogP contribution in [0.5, 0.6) is 0 Å². The summed E-state index contributed by atoms with van der Waals surface area (Å²) in [5.41, 5.74) is 0.469. The van der Waals surface area contributed by atoms with Gasteiger partial charge in [-0.3, -0.25) is 9.17 Å². The maximum Gasteiger partial charge on any atom is 0.270 e. The highest BCUT2D eigenvalue weighted by Crippen LogP contribution is 2.40. The van der Waals surface area contributed by atoms with Gasteiger partial charge in [0, 0.05) is 11.6 Å². The molecule has 3 rings (SSSR count). The number of pyridine rings is 1. The zero-order valence-corrected chi connectivity index (χ0v) is 14.9. The first kappa shape index (κ1) is 18.2. The number of benzene rings is 1. The van der Waals surface area contributed by atoms with Gasteiger partial charge in [0.05, 0.1) is 17.7 Å². The van der Waals surface area contributed by atoms with E-state index in [1.807, 2.05) is 6.07 Å². The summed E-state index contributed by atoms with van der Waals surface area (Å²) in [6.07, 6.45) is 3.70. The third-order valence-corrected chi connectivity index (χ3v) is 6.32. The molecule has 1 N–H and O–H groups in total. The van der Waals surface area contributed by atoms with E-state index in [0.717, 1.165) is 16.5 Å². The van der Waals surface area contributed by atoms with Crippen molar-refractivity contribution in [2.24, 2.45) is 0 Å². The van der Waals surface area contributed by atoms with Gasteiger partial charge in [0.1, 0.15) is 11.6 Å². The summed E-state index contributed by atoms with van der Waals surface area (Å²) < 4.78 is 42.0. The first-order valence-corrected chi connectivity index (χ1v) is 10.0. The number of aromatic nitrogens is 1. The van der Waals surface area contributed by atoms with Gasteiger partial charge in [0.2, 0.25) is 0 Å². The first-order valence-electron chi connectivity index (χ1n) is 8.45. The Balaban J connectivity index is 1.78. The third-order valence-electron chi connectivity index (χ3n) is 4.84. The average molecular weight is 367 g/mol. The molecule has 1 aliphatic carbocycles. The minimum atomic E-state index is -3.72. The van der Waals surface area contributed by atoms with Crippen LogP contribution in [0.1, 0.15) is 44.1 Å². The fraction of sp³-hybridized carbons (Fsp3) is 0.500. The van der Waals surface area contributed by atoms with Gasteiger partial charge in [-0.05, 0) is 68.4 Å². The van der Waals surface area contributed by atoms with Crippen LogP contribution in [0.3, 0.4) is 0 Å². The summed E-state index contributed by atoms with van der Waals surface area (Å²) >= 11 is 0. The summed E-state index contributed by atoms with van der Waals surface area (Å²) in [7, 11) is -3.72. The highest BCUT2D eigenvalue weighted by Gasteiger charge is 2.38. The summed E-state index contributed by atoms with van der Waals surface area (Å²) in [6.45, 7) is 1.67. The molecule has 0 amide bonds. The predicted molar refractivity (Wildman–Crippen MR) is 93.3 cm³/mol. The van der Waals surface area contributed by atoms with Crippen LogP contribution < -0.4 is 0 Å². The van der Waals surface area contributed by atoms with Crippen LogP contribution in [0.2, 0.25) is 0 Å². The van der Waals surface area contributed by atoms with Crippen LogP contribution in [-0.4, -0.2) is 36.5 Å². The van der Waals surface area contributed by atoms with Crippen molar-refractivity contribution in [3.8, 4) is 0 Å². The van der Waals surface area contributed by atoms with Gasteiger partial charge >= 0.3 is 0 Å². The van der Waals surface area contributed by atoms with Crippen molar-refractivity contribution in [1.82, 2.24) is 4.98 Å². The summed E-state index contributed by atoms with van der Waals surface area (Å²) in [5.74, 6) is -0.550. The van der Waals surface area contributed by atoms with Crippen molar-refractivity contribution >= 4 is 21.0 Å². The lowest BCUT2D eigenvalue weighted by atomic mass is 9.76. The molecule has 2 aromatic rings. The first-order chi connectivity index (χ1) is 11.8. The van der Waals surface area contributed by atoms with Gasteiger partial charge < -0.3 is 5.11 Å². The number of hydrogen-bond donors (Lipinski definition) is 1. The molecule has 0 saturated heterocycles. The van der Waals surface area contributed by atoms with E-state index in [9.17, 15) is 17.9 Å². The standard InChI is InChI=1S/C18H22FNO4S/c1-2-24-25(22,23)12-18(21)8-5-13(6-9-18)15-7-10-20-17-4-3-14(19)11-16(15)17/h3-4,7,10-11,13,21H,2,5-6,8-9,12H2,1H3. The van der Waals surface area contributed by atoms with E-state index in [2.05, 4.69) is 4.98 Å². The van der Waals surface area contributed by atoms with Crippen LogP contribution in [0.25, 0.3) is 10.9 Å². The Morgan fingerprint density at radius 3 is 2.72 bits per heavy atom. The van der Waals surface area contributed by atoms with E-state index in [4.69, 9.17) is 4.18 Å². The molecular weight excluding hydrogens is 345 g/mol. The zero-order valence-electron chi connectivity index (χ0n) is 14.1. The Morgan fingerprint density at radius 1 is 1.32 bits per heavy atom. The lowest BCUT2D eigenvalue weighted by Gasteiger charge is -2.36. The van der Waals surface area contributed by atoms with Crippen LogP contribution in [0.15, 0.2) is 30.5 Å². The molecule has 5 nitrogen and oxygen atoms in total. The molecule has 0 unspecified atom stereocenters. The van der Waals surface area contributed by atoms with Crippen LogP contribution in [-0.2, 0) is 14.3 Å². The average Bonchev–Trinajstić information content (AvgIpc) is 2.54. The Morgan fingerprint density at radius 2 is 2.04 bits per heavy atom. The monoisotopic (exact) mass is 367 g/mol. The van der Waals surface area contributed by atoms with E-state index in [1.54, 1.807) is 19.2 Å². The van der Waals surface area contributed by atoms with E-state index in [-0.39, 0.29) is 24.1 Å². The Bertz CT molecular complexity index is 861.